The Kier molecular flexibility index (Phi) is 5.42. The maximum Gasteiger partial charge on any atom is 0.223 e. The molecule has 1 atom stereocenters. The number of halogens is 1. The molecular formula is C12H17FN2O2. The summed E-state index contributed by atoms with van der Waals surface area (Å²) in [6, 6.07) is 5.64. The average molecular weight is 240 g/mol. The molecule has 1 aromatic carbocycles. The maximum absolute atomic E-state index is 12.6. The van der Waals surface area contributed by atoms with Crippen LogP contribution in [0.1, 0.15) is 13.3 Å². The van der Waals surface area contributed by atoms with Crippen molar-refractivity contribution >= 4 is 5.91 Å². The van der Waals surface area contributed by atoms with Gasteiger partial charge in [0.1, 0.15) is 11.6 Å². The number of benzene rings is 1. The minimum absolute atomic E-state index is 0.0340. The molecule has 0 aliphatic carbocycles. The van der Waals surface area contributed by atoms with Gasteiger partial charge in [0.15, 0.2) is 0 Å². The molecule has 0 bridgehead atoms. The van der Waals surface area contributed by atoms with Gasteiger partial charge in [-0.05, 0) is 31.2 Å². The van der Waals surface area contributed by atoms with Crippen molar-refractivity contribution in [2.75, 3.05) is 13.2 Å². The van der Waals surface area contributed by atoms with Gasteiger partial charge in [-0.15, -0.1) is 0 Å². The van der Waals surface area contributed by atoms with Gasteiger partial charge in [0.2, 0.25) is 5.91 Å². The monoisotopic (exact) mass is 240 g/mol. The van der Waals surface area contributed by atoms with E-state index in [4.69, 9.17) is 10.5 Å². The third-order valence-electron chi connectivity index (χ3n) is 2.17. The minimum atomic E-state index is -0.313. The van der Waals surface area contributed by atoms with Gasteiger partial charge in [0, 0.05) is 12.6 Å². The summed E-state index contributed by atoms with van der Waals surface area (Å²) < 4.78 is 17.9. The van der Waals surface area contributed by atoms with Gasteiger partial charge in [0.05, 0.1) is 13.0 Å². The zero-order valence-electron chi connectivity index (χ0n) is 9.78. The number of amides is 1. The topological polar surface area (TPSA) is 64.3 Å². The summed E-state index contributed by atoms with van der Waals surface area (Å²) >= 11 is 0. The van der Waals surface area contributed by atoms with Crippen molar-refractivity contribution in [3.05, 3.63) is 30.1 Å². The Morgan fingerprint density at radius 3 is 2.71 bits per heavy atom. The molecular weight excluding hydrogens is 223 g/mol. The van der Waals surface area contributed by atoms with Crippen LogP contribution in [0.25, 0.3) is 0 Å². The lowest BCUT2D eigenvalue weighted by molar-refractivity contribution is -0.122. The van der Waals surface area contributed by atoms with Gasteiger partial charge in [-0.2, -0.15) is 0 Å². The third-order valence-corrected chi connectivity index (χ3v) is 2.17. The average Bonchev–Trinajstić information content (AvgIpc) is 2.31. The summed E-state index contributed by atoms with van der Waals surface area (Å²) in [5.74, 6) is 0.128. The van der Waals surface area contributed by atoms with E-state index in [1.54, 1.807) is 0 Å². The van der Waals surface area contributed by atoms with Crippen molar-refractivity contribution < 1.29 is 13.9 Å². The van der Waals surface area contributed by atoms with Crippen LogP contribution in [0.2, 0.25) is 0 Å². The van der Waals surface area contributed by atoms with E-state index >= 15 is 0 Å². The highest BCUT2D eigenvalue weighted by Crippen LogP contribution is 2.10. The Hall–Kier alpha value is -1.62. The molecule has 0 unspecified atom stereocenters. The van der Waals surface area contributed by atoms with Crippen LogP contribution in [0.5, 0.6) is 5.75 Å². The number of rotatable bonds is 6. The lowest BCUT2D eigenvalue weighted by Crippen LogP contribution is -2.38. The molecule has 0 spiro atoms. The molecule has 0 saturated carbocycles. The Morgan fingerprint density at radius 1 is 1.47 bits per heavy atom. The molecule has 0 radical (unpaired) electrons. The van der Waals surface area contributed by atoms with Crippen LogP contribution in [0.4, 0.5) is 4.39 Å². The molecule has 0 fully saturated rings. The van der Waals surface area contributed by atoms with Crippen LogP contribution in [-0.2, 0) is 4.79 Å². The van der Waals surface area contributed by atoms with Crippen molar-refractivity contribution in [1.82, 2.24) is 5.32 Å². The van der Waals surface area contributed by atoms with E-state index in [0.29, 0.717) is 12.3 Å². The molecule has 0 saturated heterocycles. The van der Waals surface area contributed by atoms with E-state index in [0.717, 1.165) is 0 Å². The number of nitrogens with two attached hydrogens (primary N) is 1. The maximum atomic E-state index is 12.6. The first-order chi connectivity index (χ1) is 8.11. The molecule has 0 heterocycles. The van der Waals surface area contributed by atoms with E-state index < -0.39 is 0 Å². The SMILES string of the molecule is C[C@@H](CN)NC(=O)CCOc1ccc(F)cc1. The fraction of sp³-hybridized carbons (Fsp3) is 0.417. The Morgan fingerprint density at radius 2 is 2.12 bits per heavy atom. The summed E-state index contributed by atoms with van der Waals surface area (Å²) in [7, 11) is 0. The Bertz CT molecular complexity index is 354. The predicted molar refractivity (Wildman–Crippen MR) is 63.2 cm³/mol. The van der Waals surface area contributed by atoms with Crippen molar-refractivity contribution in [2.45, 2.75) is 19.4 Å². The van der Waals surface area contributed by atoms with Gasteiger partial charge in [-0.3, -0.25) is 4.79 Å². The molecule has 17 heavy (non-hydrogen) atoms. The molecule has 0 aliphatic heterocycles. The van der Waals surface area contributed by atoms with Gasteiger partial charge in [-0.25, -0.2) is 4.39 Å². The highest BCUT2D eigenvalue weighted by molar-refractivity contribution is 5.76. The van der Waals surface area contributed by atoms with Crippen LogP contribution >= 0.6 is 0 Å². The van der Waals surface area contributed by atoms with Crippen LogP contribution in [-0.4, -0.2) is 25.1 Å². The van der Waals surface area contributed by atoms with E-state index in [9.17, 15) is 9.18 Å². The standard InChI is InChI=1S/C12H17FN2O2/c1-9(8-14)15-12(16)6-7-17-11-4-2-10(13)3-5-11/h2-5,9H,6-8,14H2,1H3,(H,15,16)/t9-/m0/s1. The first-order valence-corrected chi connectivity index (χ1v) is 5.49. The smallest absolute Gasteiger partial charge is 0.223 e. The van der Waals surface area contributed by atoms with Gasteiger partial charge < -0.3 is 15.8 Å². The van der Waals surface area contributed by atoms with Crippen LogP contribution in [0, 0.1) is 5.82 Å². The van der Waals surface area contributed by atoms with Gasteiger partial charge >= 0.3 is 0 Å². The quantitative estimate of drug-likeness (QED) is 0.781. The molecule has 4 nitrogen and oxygen atoms in total. The summed E-state index contributed by atoms with van der Waals surface area (Å²) in [6.45, 7) is 2.50. The molecule has 0 aliphatic rings. The number of nitrogens with one attached hydrogen (secondary N) is 1. The van der Waals surface area contributed by atoms with Crippen LogP contribution < -0.4 is 15.8 Å². The van der Waals surface area contributed by atoms with E-state index in [1.807, 2.05) is 6.92 Å². The Balaban J connectivity index is 2.23. The van der Waals surface area contributed by atoms with Gasteiger partial charge in [-0.1, -0.05) is 0 Å². The first kappa shape index (κ1) is 13.4. The van der Waals surface area contributed by atoms with Crippen molar-refractivity contribution in [3.63, 3.8) is 0 Å². The fourth-order valence-corrected chi connectivity index (χ4v) is 1.20. The van der Waals surface area contributed by atoms with E-state index in [2.05, 4.69) is 5.32 Å². The number of hydrogen-bond acceptors (Lipinski definition) is 3. The van der Waals surface area contributed by atoms with Crippen molar-refractivity contribution in [1.29, 1.82) is 0 Å². The summed E-state index contributed by atoms with van der Waals surface area (Å²) in [6.07, 6.45) is 0.252. The summed E-state index contributed by atoms with van der Waals surface area (Å²) in [4.78, 5) is 11.4. The van der Waals surface area contributed by atoms with Crippen LogP contribution in [0.15, 0.2) is 24.3 Å². The number of carbonyl (C=O) groups is 1. The largest absolute Gasteiger partial charge is 0.493 e. The number of carbonyl (C=O) groups excluding carboxylic acids is 1. The van der Waals surface area contributed by atoms with Crippen molar-refractivity contribution in [3.8, 4) is 5.75 Å². The van der Waals surface area contributed by atoms with Gasteiger partial charge in [0.25, 0.3) is 0 Å². The molecule has 0 aromatic heterocycles. The first-order valence-electron chi connectivity index (χ1n) is 5.49. The summed E-state index contributed by atoms with van der Waals surface area (Å²) in [5.41, 5.74) is 5.37. The zero-order valence-corrected chi connectivity index (χ0v) is 9.78. The fourth-order valence-electron chi connectivity index (χ4n) is 1.20. The zero-order chi connectivity index (χ0) is 12.7. The minimum Gasteiger partial charge on any atom is -0.493 e. The molecule has 3 N–H and O–H groups in total. The second-order valence-electron chi connectivity index (χ2n) is 3.76. The number of hydrogen-bond donors (Lipinski definition) is 2. The van der Waals surface area contributed by atoms with Crippen molar-refractivity contribution in [2.24, 2.45) is 5.73 Å². The predicted octanol–water partition coefficient (Wildman–Crippen LogP) is 1.06. The lowest BCUT2D eigenvalue weighted by Gasteiger charge is -2.11. The number of ether oxygens (including phenoxy) is 1. The lowest BCUT2D eigenvalue weighted by atomic mass is 10.3. The molecule has 1 amide bonds. The Labute approximate surface area is 100.0 Å². The second kappa shape index (κ2) is 6.85. The van der Waals surface area contributed by atoms with Crippen LogP contribution in [0.3, 0.4) is 0 Å². The second-order valence-corrected chi connectivity index (χ2v) is 3.76. The van der Waals surface area contributed by atoms with E-state index in [1.165, 1.54) is 24.3 Å². The normalized spacial score (nSPS) is 11.9. The molecule has 1 rings (SSSR count). The summed E-state index contributed by atoms with van der Waals surface area (Å²) in [5, 5.41) is 2.72. The highest BCUT2D eigenvalue weighted by atomic mass is 19.1. The molecule has 94 valence electrons. The molecule has 5 heteroatoms. The third kappa shape index (κ3) is 5.31. The molecule has 1 aromatic rings. The van der Waals surface area contributed by atoms with E-state index in [-0.39, 0.29) is 30.8 Å². The highest BCUT2D eigenvalue weighted by Gasteiger charge is 2.05.